The van der Waals surface area contributed by atoms with E-state index >= 15 is 0 Å². The highest BCUT2D eigenvalue weighted by Gasteiger charge is 2.37. The molecule has 1 N–H and O–H groups in total. The second-order valence-electron chi connectivity index (χ2n) is 5.71. The number of phenolic OH excluding ortho intramolecular Hbond substituents is 1. The zero-order valence-electron chi connectivity index (χ0n) is 13.7. The van der Waals surface area contributed by atoms with Gasteiger partial charge in [0.2, 0.25) is 5.60 Å². The van der Waals surface area contributed by atoms with E-state index in [-0.39, 0.29) is 5.75 Å². The molecule has 2 aromatic carbocycles. The topological polar surface area (TPSA) is 55.8 Å². The summed E-state index contributed by atoms with van der Waals surface area (Å²) in [5, 5.41) is 9.39. The van der Waals surface area contributed by atoms with Crippen LogP contribution < -0.4 is 4.74 Å². The Morgan fingerprint density at radius 1 is 1.09 bits per heavy atom. The highest BCUT2D eigenvalue weighted by molar-refractivity contribution is 5.80. The van der Waals surface area contributed by atoms with Crippen LogP contribution in [0.25, 0.3) is 0 Å². The van der Waals surface area contributed by atoms with Gasteiger partial charge in [-0.05, 0) is 50.6 Å². The summed E-state index contributed by atoms with van der Waals surface area (Å²) in [5.41, 5.74) is 0.863. The van der Waals surface area contributed by atoms with Gasteiger partial charge in [0.05, 0.1) is 6.61 Å². The number of aryl methyl sites for hydroxylation is 1. The molecule has 0 unspecified atom stereocenters. The Morgan fingerprint density at radius 2 is 1.70 bits per heavy atom. The number of hydrogen-bond donors (Lipinski definition) is 1. The number of benzene rings is 2. The minimum absolute atomic E-state index is 0.186. The van der Waals surface area contributed by atoms with Gasteiger partial charge >= 0.3 is 5.97 Å². The molecule has 4 heteroatoms. The number of ether oxygens (including phenoxy) is 2. The Labute approximate surface area is 136 Å². The highest BCUT2D eigenvalue weighted by Crippen LogP contribution is 2.25. The molecule has 0 aliphatic heterocycles. The summed E-state index contributed by atoms with van der Waals surface area (Å²) >= 11 is 0. The average Bonchev–Trinajstić information content (AvgIpc) is 2.52. The van der Waals surface area contributed by atoms with Gasteiger partial charge in [-0.2, -0.15) is 0 Å². The first-order valence-electron chi connectivity index (χ1n) is 7.64. The molecule has 0 aliphatic carbocycles. The van der Waals surface area contributed by atoms with E-state index in [0.717, 1.165) is 11.1 Å². The molecule has 0 aromatic heterocycles. The maximum Gasteiger partial charge on any atom is 0.350 e. The lowest BCUT2D eigenvalue weighted by Gasteiger charge is -2.28. The third kappa shape index (κ3) is 4.49. The number of carbonyl (C=O) groups excluding carboxylic acids is 1. The average molecular weight is 314 g/mol. The van der Waals surface area contributed by atoms with E-state index in [9.17, 15) is 9.90 Å². The van der Waals surface area contributed by atoms with Crippen molar-refractivity contribution in [3.8, 4) is 11.5 Å². The quantitative estimate of drug-likeness (QED) is 0.827. The van der Waals surface area contributed by atoms with Gasteiger partial charge < -0.3 is 14.6 Å². The van der Waals surface area contributed by atoms with Crippen LogP contribution >= 0.6 is 0 Å². The van der Waals surface area contributed by atoms with Crippen molar-refractivity contribution in [2.45, 2.75) is 32.8 Å². The van der Waals surface area contributed by atoms with Gasteiger partial charge in [0, 0.05) is 6.42 Å². The number of rotatable bonds is 6. The first-order chi connectivity index (χ1) is 10.9. The van der Waals surface area contributed by atoms with Crippen LogP contribution in [0.4, 0.5) is 0 Å². The molecule has 0 spiro atoms. The molecule has 0 radical (unpaired) electrons. The molecule has 122 valence electrons. The van der Waals surface area contributed by atoms with Crippen LogP contribution in [0, 0.1) is 6.92 Å². The summed E-state index contributed by atoms with van der Waals surface area (Å²) in [6.07, 6.45) is 0.347. The van der Waals surface area contributed by atoms with E-state index in [2.05, 4.69) is 0 Å². The molecule has 1 atom stereocenters. The first kappa shape index (κ1) is 16.9. The Morgan fingerprint density at radius 3 is 2.26 bits per heavy atom. The summed E-state index contributed by atoms with van der Waals surface area (Å²) in [6.45, 7) is 5.77. The van der Waals surface area contributed by atoms with E-state index in [4.69, 9.17) is 9.47 Å². The van der Waals surface area contributed by atoms with Gasteiger partial charge in [-0.1, -0.05) is 29.8 Å². The second-order valence-corrected chi connectivity index (χ2v) is 5.71. The number of hydrogen-bond acceptors (Lipinski definition) is 4. The molecule has 0 amide bonds. The molecule has 2 rings (SSSR count). The molecule has 0 fully saturated rings. The van der Waals surface area contributed by atoms with Gasteiger partial charge in [0.1, 0.15) is 11.5 Å². The Bertz CT molecular complexity index is 597. The first-order valence-corrected chi connectivity index (χ1v) is 7.64. The van der Waals surface area contributed by atoms with E-state index in [1.165, 1.54) is 0 Å². The number of phenols is 1. The van der Waals surface area contributed by atoms with Crippen molar-refractivity contribution >= 4 is 5.97 Å². The standard InChI is InChI=1S/C19H22O4/c1-4-22-18(21)19(3,13-15-7-9-16(20)10-8-15)23-17-11-5-14(2)6-12-17/h5-12,20H,4,13H2,1-3H3/t19-/m0/s1. The summed E-state index contributed by atoms with van der Waals surface area (Å²) in [5.74, 6) is 0.393. The molecule has 0 bridgehead atoms. The maximum atomic E-state index is 12.4. The highest BCUT2D eigenvalue weighted by atomic mass is 16.6. The van der Waals surface area contributed by atoms with Crippen LogP contribution in [0.2, 0.25) is 0 Å². The van der Waals surface area contributed by atoms with Crippen molar-refractivity contribution in [3.05, 3.63) is 59.7 Å². The molecule has 2 aromatic rings. The van der Waals surface area contributed by atoms with Crippen molar-refractivity contribution in [1.29, 1.82) is 0 Å². The Balaban J connectivity index is 2.25. The van der Waals surface area contributed by atoms with Gasteiger partial charge in [-0.15, -0.1) is 0 Å². The van der Waals surface area contributed by atoms with Crippen LogP contribution in [0.1, 0.15) is 25.0 Å². The lowest BCUT2D eigenvalue weighted by Crippen LogP contribution is -2.45. The van der Waals surface area contributed by atoms with E-state index in [0.29, 0.717) is 18.8 Å². The normalized spacial score (nSPS) is 13.2. The van der Waals surface area contributed by atoms with Gasteiger partial charge in [-0.3, -0.25) is 0 Å². The van der Waals surface area contributed by atoms with E-state index in [1.807, 2.05) is 31.2 Å². The predicted molar refractivity (Wildman–Crippen MR) is 88.7 cm³/mol. The molecule has 0 aliphatic rings. The number of carbonyl (C=O) groups is 1. The second kappa shape index (κ2) is 7.18. The minimum atomic E-state index is -1.14. The van der Waals surface area contributed by atoms with Crippen molar-refractivity contribution in [3.63, 3.8) is 0 Å². The van der Waals surface area contributed by atoms with Crippen molar-refractivity contribution in [2.75, 3.05) is 6.61 Å². The molecule has 0 saturated heterocycles. The Hall–Kier alpha value is -2.49. The predicted octanol–water partition coefficient (Wildman–Crippen LogP) is 3.64. The third-order valence-corrected chi connectivity index (χ3v) is 3.55. The fourth-order valence-corrected chi connectivity index (χ4v) is 2.30. The zero-order valence-corrected chi connectivity index (χ0v) is 13.7. The van der Waals surface area contributed by atoms with Crippen LogP contribution in [0.15, 0.2) is 48.5 Å². The molecule has 0 heterocycles. The maximum absolute atomic E-state index is 12.4. The smallest absolute Gasteiger partial charge is 0.350 e. The zero-order chi connectivity index (χ0) is 16.9. The van der Waals surface area contributed by atoms with Gasteiger partial charge in [-0.25, -0.2) is 4.79 Å². The van der Waals surface area contributed by atoms with Crippen molar-refractivity contribution in [1.82, 2.24) is 0 Å². The Kier molecular flexibility index (Phi) is 5.27. The van der Waals surface area contributed by atoms with Crippen molar-refractivity contribution < 1.29 is 19.4 Å². The minimum Gasteiger partial charge on any atom is -0.508 e. The summed E-state index contributed by atoms with van der Waals surface area (Å²) in [4.78, 5) is 12.4. The van der Waals surface area contributed by atoms with Gasteiger partial charge in [0.25, 0.3) is 0 Å². The third-order valence-electron chi connectivity index (χ3n) is 3.55. The molecule has 23 heavy (non-hydrogen) atoms. The number of aromatic hydroxyl groups is 1. The van der Waals surface area contributed by atoms with Gasteiger partial charge in [0.15, 0.2) is 0 Å². The molecular weight excluding hydrogens is 292 g/mol. The fraction of sp³-hybridized carbons (Fsp3) is 0.316. The lowest BCUT2D eigenvalue weighted by molar-refractivity contribution is -0.160. The van der Waals surface area contributed by atoms with Crippen LogP contribution in [-0.2, 0) is 16.0 Å². The van der Waals surface area contributed by atoms with Crippen LogP contribution in [0.5, 0.6) is 11.5 Å². The summed E-state index contributed by atoms with van der Waals surface area (Å²) in [6, 6.07) is 14.3. The summed E-state index contributed by atoms with van der Waals surface area (Å²) < 4.78 is 11.2. The molecular formula is C19H22O4. The van der Waals surface area contributed by atoms with Crippen LogP contribution in [0.3, 0.4) is 0 Å². The SMILES string of the molecule is CCOC(=O)[C@](C)(Cc1ccc(O)cc1)Oc1ccc(C)cc1. The monoisotopic (exact) mass is 314 g/mol. The summed E-state index contributed by atoms with van der Waals surface area (Å²) in [7, 11) is 0. The van der Waals surface area contributed by atoms with Crippen molar-refractivity contribution in [2.24, 2.45) is 0 Å². The fourth-order valence-electron chi connectivity index (χ4n) is 2.30. The van der Waals surface area contributed by atoms with E-state index < -0.39 is 11.6 Å². The lowest BCUT2D eigenvalue weighted by atomic mass is 9.96. The van der Waals surface area contributed by atoms with E-state index in [1.54, 1.807) is 38.1 Å². The molecule has 0 saturated carbocycles. The van der Waals surface area contributed by atoms with Crippen LogP contribution in [-0.4, -0.2) is 23.3 Å². The number of esters is 1. The molecule has 4 nitrogen and oxygen atoms in total. The largest absolute Gasteiger partial charge is 0.508 e.